The summed E-state index contributed by atoms with van der Waals surface area (Å²) in [6.07, 6.45) is 0.132. The van der Waals surface area contributed by atoms with Gasteiger partial charge in [-0.25, -0.2) is 4.79 Å². The van der Waals surface area contributed by atoms with E-state index in [4.69, 9.17) is 0 Å². The van der Waals surface area contributed by atoms with E-state index in [1.54, 1.807) is 6.20 Å². The Labute approximate surface area is 168 Å². The molecule has 1 heterocycles. The van der Waals surface area contributed by atoms with Crippen LogP contribution in [0.25, 0.3) is 10.9 Å². The number of nitrogens with zero attached hydrogens (tertiary/aromatic N) is 1. The molecule has 0 spiro atoms. The molecule has 0 aliphatic carbocycles. The second-order valence-corrected chi connectivity index (χ2v) is 6.99. The number of carboxylic acid groups (broad SMARTS) is 1. The van der Waals surface area contributed by atoms with Gasteiger partial charge in [0.1, 0.15) is 5.54 Å². The number of hydrogen-bond acceptors (Lipinski definition) is 3. The number of hydrogen-bond donors (Lipinski definition) is 4. The summed E-state index contributed by atoms with van der Waals surface area (Å²) in [7, 11) is 0. The number of carbonyl (C=O) groups excluding carboxylic acids is 1. The molecule has 3 aromatic rings. The largest absolute Gasteiger partial charge is 0.465 e. The third-order valence-electron chi connectivity index (χ3n) is 4.98. The van der Waals surface area contributed by atoms with Crippen molar-refractivity contribution in [1.82, 2.24) is 15.6 Å². The van der Waals surface area contributed by atoms with E-state index in [-0.39, 0.29) is 18.9 Å². The van der Waals surface area contributed by atoms with Crippen molar-refractivity contribution >= 4 is 22.9 Å². The number of fused-ring (bicyclic) bond motifs is 1. The second-order valence-electron chi connectivity index (χ2n) is 6.99. The highest BCUT2D eigenvalue weighted by Crippen LogP contribution is 2.26. The fraction of sp³-hybridized carbons (Fsp3) is 0.227. The SMILES string of the molecule is CC(NC(=O)C(CC#N)(Cc1c[nH]c2ccccc12)NC(=O)O)c1ccccc1. The number of amides is 2. The molecule has 29 heavy (non-hydrogen) atoms. The van der Waals surface area contributed by atoms with Crippen molar-refractivity contribution in [2.45, 2.75) is 31.3 Å². The zero-order valence-corrected chi connectivity index (χ0v) is 16.0. The standard InChI is InChI=1S/C22H22N4O3/c1-15(16-7-3-2-4-8-16)25-20(27)22(11-12-23,26-21(28)29)13-17-14-24-19-10-6-5-9-18(17)19/h2-10,14-15,24,26H,11,13H2,1H3,(H,25,27)(H,28,29). The lowest BCUT2D eigenvalue weighted by Crippen LogP contribution is -2.60. The molecule has 0 saturated heterocycles. The topological polar surface area (TPSA) is 118 Å². The van der Waals surface area contributed by atoms with E-state index in [1.165, 1.54) is 0 Å². The Morgan fingerprint density at radius 2 is 1.86 bits per heavy atom. The van der Waals surface area contributed by atoms with Crippen LogP contribution in [0.3, 0.4) is 0 Å². The number of nitriles is 1. The van der Waals surface area contributed by atoms with Crippen LogP contribution >= 0.6 is 0 Å². The number of benzene rings is 2. The molecule has 0 bridgehead atoms. The summed E-state index contributed by atoms with van der Waals surface area (Å²) >= 11 is 0. The molecule has 3 rings (SSSR count). The smallest absolute Gasteiger partial charge is 0.405 e. The van der Waals surface area contributed by atoms with Gasteiger partial charge in [0.25, 0.3) is 0 Å². The maximum absolute atomic E-state index is 13.2. The van der Waals surface area contributed by atoms with Crippen LogP contribution in [0.5, 0.6) is 0 Å². The van der Waals surface area contributed by atoms with Crippen LogP contribution in [0.2, 0.25) is 0 Å². The van der Waals surface area contributed by atoms with E-state index in [2.05, 4.69) is 15.6 Å². The normalized spacial score (nSPS) is 13.8. The maximum atomic E-state index is 13.2. The number of rotatable bonds is 7. The molecular weight excluding hydrogens is 368 g/mol. The summed E-state index contributed by atoms with van der Waals surface area (Å²) in [4.78, 5) is 27.9. The highest BCUT2D eigenvalue weighted by atomic mass is 16.4. The minimum absolute atomic E-state index is 0.0458. The van der Waals surface area contributed by atoms with Gasteiger partial charge >= 0.3 is 6.09 Å². The molecule has 7 nitrogen and oxygen atoms in total. The second kappa shape index (κ2) is 8.48. The first kappa shape index (κ1) is 20.0. The Bertz CT molecular complexity index is 1050. The highest BCUT2D eigenvalue weighted by molar-refractivity contribution is 5.92. The average Bonchev–Trinajstić information content (AvgIpc) is 3.11. The first-order chi connectivity index (χ1) is 13.9. The average molecular weight is 390 g/mol. The third-order valence-corrected chi connectivity index (χ3v) is 4.98. The molecule has 2 unspecified atom stereocenters. The lowest BCUT2D eigenvalue weighted by Gasteiger charge is -2.31. The van der Waals surface area contributed by atoms with Gasteiger partial charge in [-0.05, 0) is 24.1 Å². The van der Waals surface area contributed by atoms with Gasteiger partial charge in [-0.2, -0.15) is 5.26 Å². The molecule has 2 atom stereocenters. The summed E-state index contributed by atoms with van der Waals surface area (Å²) in [5.74, 6) is -0.539. The summed E-state index contributed by atoms with van der Waals surface area (Å²) in [5, 5.41) is 24.9. The Balaban J connectivity index is 1.95. The van der Waals surface area contributed by atoms with E-state index in [0.717, 1.165) is 22.0 Å². The van der Waals surface area contributed by atoms with E-state index in [0.29, 0.717) is 0 Å². The fourth-order valence-corrected chi connectivity index (χ4v) is 3.47. The molecule has 0 radical (unpaired) electrons. The van der Waals surface area contributed by atoms with Crippen LogP contribution in [0.1, 0.15) is 30.5 Å². The maximum Gasteiger partial charge on any atom is 0.405 e. The van der Waals surface area contributed by atoms with Crippen molar-refractivity contribution < 1.29 is 14.7 Å². The van der Waals surface area contributed by atoms with Crippen molar-refractivity contribution in [3.8, 4) is 6.07 Å². The van der Waals surface area contributed by atoms with E-state index >= 15 is 0 Å². The molecule has 0 fully saturated rings. The van der Waals surface area contributed by atoms with E-state index in [1.807, 2.05) is 67.6 Å². The summed E-state index contributed by atoms with van der Waals surface area (Å²) in [6.45, 7) is 1.82. The number of carbonyl (C=O) groups is 2. The molecule has 0 aliphatic rings. The molecule has 1 aromatic heterocycles. The lowest BCUT2D eigenvalue weighted by atomic mass is 9.86. The van der Waals surface area contributed by atoms with Gasteiger partial charge in [-0.3, -0.25) is 4.79 Å². The lowest BCUT2D eigenvalue weighted by molar-refractivity contribution is -0.128. The Kier molecular flexibility index (Phi) is 5.84. The molecular formula is C22H22N4O3. The first-order valence-electron chi connectivity index (χ1n) is 9.24. The van der Waals surface area contributed by atoms with Gasteiger partial charge in [0.15, 0.2) is 0 Å². The Hall–Kier alpha value is -3.79. The summed E-state index contributed by atoms with van der Waals surface area (Å²) in [5.41, 5.74) is 0.900. The number of nitrogens with one attached hydrogen (secondary N) is 3. The molecule has 148 valence electrons. The van der Waals surface area contributed by atoms with Crippen LogP contribution in [0.4, 0.5) is 4.79 Å². The monoisotopic (exact) mass is 390 g/mol. The van der Waals surface area contributed by atoms with Gasteiger partial charge in [0, 0.05) is 23.5 Å². The molecule has 4 N–H and O–H groups in total. The van der Waals surface area contributed by atoms with Crippen LogP contribution in [-0.4, -0.2) is 27.6 Å². The van der Waals surface area contributed by atoms with Crippen molar-refractivity contribution in [2.75, 3.05) is 0 Å². The number of aromatic nitrogens is 1. The van der Waals surface area contributed by atoms with E-state index < -0.39 is 17.5 Å². The third kappa shape index (κ3) is 4.38. The van der Waals surface area contributed by atoms with Gasteiger partial charge in [0.2, 0.25) is 5.91 Å². The summed E-state index contributed by atoms with van der Waals surface area (Å²) < 4.78 is 0. The first-order valence-corrected chi connectivity index (χ1v) is 9.24. The minimum Gasteiger partial charge on any atom is -0.465 e. The van der Waals surface area contributed by atoms with Crippen LogP contribution in [-0.2, 0) is 11.2 Å². The number of para-hydroxylation sites is 1. The van der Waals surface area contributed by atoms with Crippen LogP contribution in [0, 0.1) is 11.3 Å². The predicted octanol–water partition coefficient (Wildman–Crippen LogP) is 3.51. The zero-order chi connectivity index (χ0) is 20.9. The fourth-order valence-electron chi connectivity index (χ4n) is 3.47. The van der Waals surface area contributed by atoms with Crippen LogP contribution < -0.4 is 10.6 Å². The molecule has 7 heteroatoms. The molecule has 2 amide bonds. The Morgan fingerprint density at radius 3 is 2.55 bits per heavy atom. The van der Waals surface area contributed by atoms with Gasteiger partial charge in [0.05, 0.1) is 18.5 Å². The van der Waals surface area contributed by atoms with Crippen molar-refractivity contribution in [3.63, 3.8) is 0 Å². The minimum atomic E-state index is -1.62. The quantitative estimate of drug-likeness (QED) is 0.494. The molecule has 0 saturated carbocycles. The number of aromatic amines is 1. The Morgan fingerprint density at radius 1 is 1.17 bits per heavy atom. The van der Waals surface area contributed by atoms with Crippen molar-refractivity contribution in [2.24, 2.45) is 0 Å². The van der Waals surface area contributed by atoms with Gasteiger partial charge < -0.3 is 20.7 Å². The number of H-pyrrole nitrogens is 1. The summed E-state index contributed by atoms with van der Waals surface area (Å²) in [6, 6.07) is 18.5. The van der Waals surface area contributed by atoms with Gasteiger partial charge in [-0.15, -0.1) is 0 Å². The van der Waals surface area contributed by atoms with Crippen molar-refractivity contribution in [3.05, 3.63) is 71.9 Å². The van der Waals surface area contributed by atoms with Crippen LogP contribution in [0.15, 0.2) is 60.8 Å². The molecule has 0 aliphatic heterocycles. The van der Waals surface area contributed by atoms with Gasteiger partial charge in [-0.1, -0.05) is 48.5 Å². The van der Waals surface area contributed by atoms with E-state index in [9.17, 15) is 20.0 Å². The molecule has 2 aromatic carbocycles. The highest BCUT2D eigenvalue weighted by Gasteiger charge is 2.41. The predicted molar refractivity (Wildman–Crippen MR) is 109 cm³/mol. The van der Waals surface area contributed by atoms with Crippen molar-refractivity contribution in [1.29, 1.82) is 5.26 Å². The zero-order valence-electron chi connectivity index (χ0n) is 16.0.